The van der Waals surface area contributed by atoms with Crippen molar-refractivity contribution in [3.63, 3.8) is 0 Å². The van der Waals surface area contributed by atoms with E-state index in [-0.39, 0.29) is 0 Å². The normalized spacial score (nSPS) is 11.4. The molecule has 2 aromatic heterocycles. The molecule has 0 atom stereocenters. The van der Waals surface area contributed by atoms with Gasteiger partial charge >= 0.3 is 6.03 Å². The lowest BCUT2D eigenvalue weighted by Gasteiger charge is -1.95. The van der Waals surface area contributed by atoms with Gasteiger partial charge in [-0.15, -0.1) is 11.3 Å². The Kier molecular flexibility index (Phi) is 3.08. The van der Waals surface area contributed by atoms with Crippen LogP contribution in [0.15, 0.2) is 35.7 Å². The van der Waals surface area contributed by atoms with Crippen molar-refractivity contribution >= 4 is 40.4 Å². The molecule has 0 aliphatic carbocycles. The third kappa shape index (κ3) is 2.21. The fourth-order valence-corrected chi connectivity index (χ4v) is 2.57. The van der Waals surface area contributed by atoms with Crippen molar-refractivity contribution in [1.82, 2.24) is 9.78 Å². The second kappa shape index (κ2) is 4.90. The van der Waals surface area contributed by atoms with Crippen LogP contribution >= 0.6 is 11.3 Å². The fraction of sp³-hybridized carbons (Fsp3) is 0. The number of nitrogens with zero attached hydrogens (tertiary/aromatic N) is 2. The lowest BCUT2D eigenvalue weighted by atomic mass is 10.2. The molecule has 4 nitrogen and oxygen atoms in total. The van der Waals surface area contributed by atoms with E-state index >= 15 is 0 Å². The first kappa shape index (κ1) is 12.6. The zero-order valence-corrected chi connectivity index (χ0v) is 11.1. The number of carbonyl (C=O) groups excluding carboxylic acids is 1. The Hall–Kier alpha value is -2.47. The van der Waals surface area contributed by atoms with E-state index in [1.54, 1.807) is 23.5 Å². The van der Waals surface area contributed by atoms with E-state index in [0.717, 1.165) is 9.56 Å². The van der Waals surface area contributed by atoms with Crippen LogP contribution in [0.2, 0.25) is 0 Å². The number of fused-ring (bicyclic) bond motifs is 1. The van der Waals surface area contributed by atoms with Crippen LogP contribution in [-0.2, 0) is 0 Å². The summed E-state index contributed by atoms with van der Waals surface area (Å²) in [5, 5.41) is 6.77. The quantitative estimate of drug-likeness (QED) is 0.785. The minimum Gasteiger partial charge on any atom is -0.350 e. The highest BCUT2D eigenvalue weighted by molar-refractivity contribution is 7.10. The summed E-state index contributed by atoms with van der Waals surface area (Å²) < 4.78 is 14.3. The number of hydrogen-bond acceptors (Lipinski definition) is 3. The predicted molar refractivity (Wildman–Crippen MR) is 77.9 cm³/mol. The minimum absolute atomic E-state index is 0.364. The zero-order chi connectivity index (χ0) is 14.1. The summed E-state index contributed by atoms with van der Waals surface area (Å²) in [5.74, 6) is -0.436. The standard InChI is InChI=1S/C14H10FN3OS/c15-9-3-5-11-12(6-4-10-2-1-7-20-10)17-18(14(16)19)13(11)8-9/h1-8H,(H2,16,19). The van der Waals surface area contributed by atoms with Gasteiger partial charge in [-0.3, -0.25) is 0 Å². The van der Waals surface area contributed by atoms with Crippen molar-refractivity contribution in [3.8, 4) is 0 Å². The maximum Gasteiger partial charge on any atom is 0.340 e. The third-order valence-electron chi connectivity index (χ3n) is 2.83. The number of thiophene rings is 1. The van der Waals surface area contributed by atoms with Crippen molar-refractivity contribution in [2.75, 3.05) is 0 Å². The number of halogens is 1. The molecule has 6 heteroatoms. The number of primary amides is 1. The van der Waals surface area contributed by atoms with Crippen molar-refractivity contribution in [3.05, 3.63) is 52.1 Å². The van der Waals surface area contributed by atoms with Crippen LogP contribution in [-0.4, -0.2) is 15.8 Å². The predicted octanol–water partition coefficient (Wildman–Crippen LogP) is 3.33. The van der Waals surface area contributed by atoms with Gasteiger partial charge in [-0.1, -0.05) is 6.07 Å². The van der Waals surface area contributed by atoms with Gasteiger partial charge in [0, 0.05) is 16.3 Å². The molecule has 0 radical (unpaired) electrons. The van der Waals surface area contributed by atoms with Gasteiger partial charge in [-0.25, -0.2) is 9.18 Å². The average Bonchev–Trinajstić information content (AvgIpc) is 3.02. The Morgan fingerprint density at radius 1 is 1.35 bits per heavy atom. The Morgan fingerprint density at radius 3 is 2.90 bits per heavy atom. The van der Waals surface area contributed by atoms with Crippen LogP contribution in [0.3, 0.4) is 0 Å². The molecule has 3 aromatic rings. The van der Waals surface area contributed by atoms with Gasteiger partial charge in [0.25, 0.3) is 0 Å². The van der Waals surface area contributed by atoms with E-state index in [0.29, 0.717) is 16.6 Å². The first-order valence-corrected chi connectivity index (χ1v) is 6.73. The topological polar surface area (TPSA) is 60.9 Å². The van der Waals surface area contributed by atoms with E-state index in [9.17, 15) is 9.18 Å². The Bertz CT molecular complexity index is 805. The Balaban J connectivity index is 2.14. The lowest BCUT2D eigenvalue weighted by molar-refractivity contribution is 0.248. The first-order chi connectivity index (χ1) is 9.65. The Morgan fingerprint density at radius 2 is 2.20 bits per heavy atom. The molecule has 100 valence electrons. The van der Waals surface area contributed by atoms with Crippen molar-refractivity contribution in [1.29, 1.82) is 0 Å². The number of hydrogen-bond donors (Lipinski definition) is 1. The summed E-state index contributed by atoms with van der Waals surface area (Å²) >= 11 is 1.59. The molecule has 0 aliphatic rings. The summed E-state index contributed by atoms with van der Waals surface area (Å²) in [7, 11) is 0. The largest absolute Gasteiger partial charge is 0.350 e. The highest BCUT2D eigenvalue weighted by Gasteiger charge is 2.12. The van der Waals surface area contributed by atoms with Crippen LogP contribution < -0.4 is 5.73 Å². The number of amides is 1. The summed E-state index contributed by atoms with van der Waals surface area (Å²) in [5.41, 5.74) is 6.19. The minimum atomic E-state index is -0.739. The summed E-state index contributed by atoms with van der Waals surface area (Å²) in [4.78, 5) is 12.4. The molecule has 0 fully saturated rings. The molecular weight excluding hydrogens is 277 g/mol. The van der Waals surface area contributed by atoms with Crippen molar-refractivity contribution < 1.29 is 9.18 Å². The van der Waals surface area contributed by atoms with Crippen LogP contribution in [0, 0.1) is 5.82 Å². The van der Waals surface area contributed by atoms with Crippen LogP contribution in [0.4, 0.5) is 9.18 Å². The Labute approximate surface area is 117 Å². The van der Waals surface area contributed by atoms with Gasteiger partial charge < -0.3 is 5.73 Å². The number of benzene rings is 1. The van der Waals surface area contributed by atoms with Gasteiger partial charge in [0.15, 0.2) is 0 Å². The van der Waals surface area contributed by atoms with E-state index < -0.39 is 11.8 Å². The molecule has 2 heterocycles. The van der Waals surface area contributed by atoms with Gasteiger partial charge in [0.1, 0.15) is 5.82 Å². The molecule has 2 N–H and O–H groups in total. The van der Waals surface area contributed by atoms with E-state index in [1.165, 1.54) is 12.1 Å². The zero-order valence-electron chi connectivity index (χ0n) is 10.3. The number of rotatable bonds is 2. The van der Waals surface area contributed by atoms with Crippen molar-refractivity contribution in [2.24, 2.45) is 5.73 Å². The molecule has 0 unspecified atom stereocenters. The summed E-state index contributed by atoms with van der Waals surface area (Å²) in [6.45, 7) is 0. The maximum absolute atomic E-state index is 13.3. The van der Waals surface area contributed by atoms with Gasteiger partial charge in [-0.05, 0) is 35.7 Å². The van der Waals surface area contributed by atoms with Crippen LogP contribution in [0.5, 0.6) is 0 Å². The maximum atomic E-state index is 13.3. The van der Waals surface area contributed by atoms with Crippen LogP contribution in [0.25, 0.3) is 23.1 Å². The van der Waals surface area contributed by atoms with Gasteiger partial charge in [-0.2, -0.15) is 9.78 Å². The average molecular weight is 287 g/mol. The van der Waals surface area contributed by atoms with Gasteiger partial charge in [0.05, 0.1) is 11.2 Å². The number of carbonyl (C=O) groups is 1. The van der Waals surface area contributed by atoms with Gasteiger partial charge in [0.2, 0.25) is 0 Å². The van der Waals surface area contributed by atoms with Crippen LogP contribution in [0.1, 0.15) is 10.6 Å². The molecule has 0 saturated heterocycles. The molecule has 3 rings (SSSR count). The second-order valence-electron chi connectivity index (χ2n) is 4.15. The summed E-state index contributed by atoms with van der Waals surface area (Å²) in [6, 6.07) is 7.34. The number of aromatic nitrogens is 2. The third-order valence-corrected chi connectivity index (χ3v) is 3.67. The smallest absolute Gasteiger partial charge is 0.340 e. The second-order valence-corrected chi connectivity index (χ2v) is 5.12. The molecule has 0 aliphatic heterocycles. The molecule has 0 saturated carbocycles. The monoisotopic (exact) mass is 287 g/mol. The molecule has 1 amide bonds. The number of nitrogens with two attached hydrogens (primary N) is 1. The fourth-order valence-electron chi connectivity index (χ4n) is 1.95. The highest BCUT2D eigenvalue weighted by atomic mass is 32.1. The van der Waals surface area contributed by atoms with E-state index in [2.05, 4.69) is 5.10 Å². The molecule has 1 aromatic carbocycles. The van der Waals surface area contributed by atoms with Crippen molar-refractivity contribution in [2.45, 2.75) is 0 Å². The molecular formula is C14H10FN3OS. The first-order valence-electron chi connectivity index (χ1n) is 5.85. The lowest BCUT2D eigenvalue weighted by Crippen LogP contribution is -2.20. The van der Waals surface area contributed by atoms with E-state index in [4.69, 9.17) is 5.73 Å². The SMILES string of the molecule is NC(=O)n1nc(C=Cc2cccs2)c2ccc(F)cc21. The molecule has 0 spiro atoms. The highest BCUT2D eigenvalue weighted by Crippen LogP contribution is 2.22. The van der Waals surface area contributed by atoms with E-state index in [1.807, 2.05) is 23.6 Å². The molecule has 20 heavy (non-hydrogen) atoms. The molecule has 0 bridgehead atoms. The summed E-state index contributed by atoms with van der Waals surface area (Å²) in [6.07, 6.45) is 3.67.